The monoisotopic (exact) mass is 661 g/mol. The molecule has 12 rings (SSSR count). The lowest BCUT2D eigenvalue weighted by Gasteiger charge is -2.20. The first-order chi connectivity index (χ1) is 25.8. The van der Waals surface area contributed by atoms with Gasteiger partial charge in [0.25, 0.3) is 0 Å². The smallest absolute Gasteiger partial charge is 0.160 e. The number of hydrogen-bond acceptors (Lipinski definition) is 3. The maximum Gasteiger partial charge on any atom is 0.160 e. The van der Waals surface area contributed by atoms with Crippen LogP contribution >= 0.6 is 0 Å². The van der Waals surface area contributed by atoms with Crippen molar-refractivity contribution in [2.24, 2.45) is 0 Å². The second-order valence-corrected chi connectivity index (χ2v) is 13.7. The molecule has 4 heteroatoms. The fraction of sp³-hybridized carbons (Fsp3) is 0. The van der Waals surface area contributed by atoms with Gasteiger partial charge < -0.3 is 9.30 Å². The lowest BCUT2D eigenvalue weighted by molar-refractivity contribution is 0.486. The van der Waals surface area contributed by atoms with Gasteiger partial charge in [-0.1, -0.05) is 121 Å². The van der Waals surface area contributed by atoms with Gasteiger partial charge >= 0.3 is 0 Å². The fourth-order valence-corrected chi connectivity index (χ4v) is 8.82. The fourth-order valence-electron chi connectivity index (χ4n) is 8.82. The Morgan fingerprint density at radius 2 is 1.04 bits per heavy atom. The molecule has 0 N–H and O–H groups in total. The summed E-state index contributed by atoms with van der Waals surface area (Å²) in [6.45, 7) is 0. The SMILES string of the molecule is c1cc(-c2nc3c4c(cccc4n2)Oc2ccccc2-3)cc(-n2c3ccccc3c3c4c5ccccc5c5ccccc5c4c4ccccc4c32)c1. The van der Waals surface area contributed by atoms with Crippen LogP contribution in [0.1, 0.15) is 0 Å². The van der Waals surface area contributed by atoms with Gasteiger partial charge in [0.05, 0.1) is 27.6 Å². The van der Waals surface area contributed by atoms with Crippen molar-refractivity contribution in [2.45, 2.75) is 0 Å². The summed E-state index contributed by atoms with van der Waals surface area (Å²) in [5.74, 6) is 2.29. The van der Waals surface area contributed by atoms with E-state index >= 15 is 0 Å². The minimum absolute atomic E-state index is 0.687. The summed E-state index contributed by atoms with van der Waals surface area (Å²) in [5, 5.41) is 13.6. The molecule has 0 atom stereocenters. The number of rotatable bonds is 2. The Balaban J connectivity index is 1.20. The van der Waals surface area contributed by atoms with Gasteiger partial charge in [0, 0.05) is 38.4 Å². The lowest BCUT2D eigenvalue weighted by Crippen LogP contribution is -2.02. The molecule has 0 spiro atoms. The third-order valence-corrected chi connectivity index (χ3v) is 10.9. The Hall–Kier alpha value is -7.04. The first-order valence-corrected chi connectivity index (χ1v) is 17.7. The van der Waals surface area contributed by atoms with Crippen LogP contribution in [0, 0.1) is 0 Å². The molecule has 0 amide bonds. The normalized spacial score (nSPS) is 12.4. The Bertz CT molecular complexity index is 3340. The Morgan fingerprint density at radius 1 is 0.423 bits per heavy atom. The van der Waals surface area contributed by atoms with E-state index in [0.29, 0.717) is 5.82 Å². The minimum Gasteiger partial charge on any atom is -0.456 e. The van der Waals surface area contributed by atoms with E-state index in [9.17, 15) is 0 Å². The predicted molar refractivity (Wildman–Crippen MR) is 215 cm³/mol. The van der Waals surface area contributed by atoms with Crippen LogP contribution in [0.25, 0.3) is 104 Å². The summed E-state index contributed by atoms with van der Waals surface area (Å²) in [7, 11) is 0. The summed E-state index contributed by atoms with van der Waals surface area (Å²) in [4.78, 5) is 10.4. The molecule has 2 aromatic heterocycles. The zero-order chi connectivity index (χ0) is 33.9. The quantitative estimate of drug-likeness (QED) is 0.173. The third-order valence-electron chi connectivity index (χ3n) is 10.9. The van der Waals surface area contributed by atoms with E-state index in [2.05, 4.69) is 132 Å². The van der Waals surface area contributed by atoms with Gasteiger partial charge in [0.1, 0.15) is 11.5 Å². The number of ether oxygens (including phenoxy) is 1. The van der Waals surface area contributed by atoms with E-state index in [1.54, 1.807) is 0 Å². The highest BCUT2D eigenvalue weighted by molar-refractivity contribution is 6.42. The molecule has 0 radical (unpaired) electrons. The highest BCUT2D eigenvalue weighted by Crippen LogP contribution is 2.49. The summed E-state index contributed by atoms with van der Waals surface area (Å²) in [6, 6.07) is 58.4. The average molecular weight is 662 g/mol. The van der Waals surface area contributed by atoms with Crippen LogP contribution in [-0.4, -0.2) is 14.5 Å². The van der Waals surface area contributed by atoms with E-state index in [4.69, 9.17) is 14.7 Å². The van der Waals surface area contributed by atoms with Gasteiger partial charge in [-0.3, -0.25) is 0 Å². The Kier molecular flexibility index (Phi) is 5.47. The molecule has 1 aliphatic heterocycles. The largest absolute Gasteiger partial charge is 0.456 e. The highest BCUT2D eigenvalue weighted by atomic mass is 16.5. The summed E-state index contributed by atoms with van der Waals surface area (Å²) in [6.07, 6.45) is 0. The number of para-hydroxylation sites is 2. The van der Waals surface area contributed by atoms with Crippen LogP contribution < -0.4 is 4.74 Å². The molecule has 0 unspecified atom stereocenters. The van der Waals surface area contributed by atoms with Crippen molar-refractivity contribution in [2.75, 3.05) is 0 Å². The summed E-state index contributed by atoms with van der Waals surface area (Å²) in [5.41, 5.74) is 7.13. The Labute approximate surface area is 297 Å². The van der Waals surface area contributed by atoms with Crippen molar-refractivity contribution in [3.63, 3.8) is 0 Å². The summed E-state index contributed by atoms with van der Waals surface area (Å²) < 4.78 is 8.73. The number of fused-ring (bicyclic) bond motifs is 15. The molecule has 1 aliphatic rings. The second-order valence-electron chi connectivity index (χ2n) is 13.7. The molecule has 0 fully saturated rings. The van der Waals surface area contributed by atoms with Crippen molar-refractivity contribution in [3.8, 4) is 39.8 Å². The zero-order valence-corrected chi connectivity index (χ0v) is 27.8. The first-order valence-electron chi connectivity index (χ1n) is 17.7. The Morgan fingerprint density at radius 3 is 1.85 bits per heavy atom. The van der Waals surface area contributed by atoms with Crippen molar-refractivity contribution in [1.29, 1.82) is 0 Å². The van der Waals surface area contributed by atoms with E-state index in [1.165, 1.54) is 59.4 Å². The van der Waals surface area contributed by atoms with Crippen LogP contribution in [0.5, 0.6) is 11.5 Å². The highest BCUT2D eigenvalue weighted by Gasteiger charge is 2.25. The summed E-state index contributed by atoms with van der Waals surface area (Å²) >= 11 is 0. The van der Waals surface area contributed by atoms with Gasteiger partial charge in [-0.25, -0.2) is 9.97 Å². The van der Waals surface area contributed by atoms with Crippen LogP contribution in [0.15, 0.2) is 164 Å². The van der Waals surface area contributed by atoms with Gasteiger partial charge in [0.2, 0.25) is 0 Å². The maximum atomic E-state index is 6.28. The van der Waals surface area contributed by atoms with Gasteiger partial charge in [-0.05, 0) is 74.8 Å². The van der Waals surface area contributed by atoms with E-state index in [-0.39, 0.29) is 0 Å². The number of nitrogens with zero attached hydrogens (tertiary/aromatic N) is 3. The van der Waals surface area contributed by atoms with Crippen LogP contribution in [-0.2, 0) is 0 Å². The molecule has 0 saturated carbocycles. The first kappa shape index (κ1) is 27.7. The molecule has 0 saturated heterocycles. The third kappa shape index (κ3) is 3.65. The standard InChI is InChI=1S/C48H27N3O/c1-3-17-32-30(15-1)31-16-2-4-18-33(31)43-42(32)34-19-5-6-20-35(34)47-44(43)36-21-7-9-24-39(36)51(47)29-14-11-13-28(27-29)48-49-38-23-12-26-41-45(38)46(50-48)37-22-8-10-25-40(37)52-41/h1-27H. The maximum absolute atomic E-state index is 6.28. The van der Waals surface area contributed by atoms with Gasteiger partial charge in [0.15, 0.2) is 5.82 Å². The molecule has 9 aromatic carbocycles. The number of benzene rings is 9. The predicted octanol–water partition coefficient (Wildman–Crippen LogP) is 12.8. The van der Waals surface area contributed by atoms with Gasteiger partial charge in [-0.15, -0.1) is 0 Å². The van der Waals surface area contributed by atoms with E-state index in [0.717, 1.165) is 50.4 Å². The van der Waals surface area contributed by atoms with Crippen molar-refractivity contribution >= 4 is 75.8 Å². The molecule has 3 heterocycles. The molecule has 4 nitrogen and oxygen atoms in total. The molecule has 11 aromatic rings. The number of hydrogen-bond donors (Lipinski definition) is 0. The van der Waals surface area contributed by atoms with Crippen LogP contribution in [0.3, 0.4) is 0 Å². The van der Waals surface area contributed by atoms with Crippen LogP contribution in [0.4, 0.5) is 0 Å². The molecule has 0 aliphatic carbocycles. The number of aromatic nitrogens is 3. The molecule has 52 heavy (non-hydrogen) atoms. The molecule has 240 valence electrons. The lowest BCUT2D eigenvalue weighted by atomic mass is 9.88. The molecule has 0 bridgehead atoms. The van der Waals surface area contributed by atoms with Crippen LogP contribution in [0.2, 0.25) is 0 Å². The molecular formula is C48H27N3O. The van der Waals surface area contributed by atoms with E-state index in [1.807, 2.05) is 36.4 Å². The topological polar surface area (TPSA) is 39.9 Å². The van der Waals surface area contributed by atoms with E-state index < -0.39 is 0 Å². The van der Waals surface area contributed by atoms with Crippen molar-refractivity contribution in [3.05, 3.63) is 164 Å². The zero-order valence-electron chi connectivity index (χ0n) is 27.8. The second kappa shape index (κ2) is 10.3. The minimum atomic E-state index is 0.687. The average Bonchev–Trinajstić information content (AvgIpc) is 3.56. The van der Waals surface area contributed by atoms with Crippen molar-refractivity contribution < 1.29 is 4.74 Å². The molecular weight excluding hydrogens is 635 g/mol. The van der Waals surface area contributed by atoms with Gasteiger partial charge in [-0.2, -0.15) is 0 Å². The van der Waals surface area contributed by atoms with Crippen molar-refractivity contribution in [1.82, 2.24) is 14.5 Å².